The number of hydrogen-bond acceptors (Lipinski definition) is 0. The van der Waals surface area contributed by atoms with Gasteiger partial charge in [0.15, 0.2) is 0 Å². The summed E-state index contributed by atoms with van der Waals surface area (Å²) in [5.41, 5.74) is 4.15. The number of benzene rings is 2. The first kappa shape index (κ1) is 14.8. The van der Waals surface area contributed by atoms with Gasteiger partial charge in [0.05, 0.1) is 0 Å². The largest absolute Gasteiger partial charge is 0.0887 e. The van der Waals surface area contributed by atoms with E-state index >= 15 is 0 Å². The molecule has 0 N–H and O–H groups in total. The second kappa shape index (κ2) is 7.25. The lowest BCUT2D eigenvalue weighted by atomic mass is 10.0. The fraction of sp³-hybridized carbons (Fsp3) is 0.294. The summed E-state index contributed by atoms with van der Waals surface area (Å²) in [5.74, 6) is 0. The minimum atomic E-state index is 0.530. The van der Waals surface area contributed by atoms with E-state index in [0.717, 1.165) is 23.7 Å². The van der Waals surface area contributed by atoms with E-state index in [0.29, 0.717) is 4.83 Å². The van der Waals surface area contributed by atoms with E-state index in [1.165, 1.54) is 16.7 Å². The fourth-order valence-electron chi connectivity index (χ4n) is 2.21. The molecule has 1 unspecified atom stereocenters. The predicted molar refractivity (Wildman–Crippen MR) is 90.1 cm³/mol. The molecule has 0 bridgehead atoms. The maximum absolute atomic E-state index is 3.80. The number of halogens is 2. The summed E-state index contributed by atoms with van der Waals surface area (Å²) in [6.45, 7) is 2.15. The molecule has 100 valence electrons. The van der Waals surface area contributed by atoms with Crippen molar-refractivity contribution >= 4 is 31.9 Å². The van der Waals surface area contributed by atoms with Gasteiger partial charge in [-0.3, -0.25) is 0 Å². The van der Waals surface area contributed by atoms with Crippen LogP contribution in [0.1, 0.15) is 23.1 Å². The van der Waals surface area contributed by atoms with Crippen molar-refractivity contribution < 1.29 is 0 Å². The van der Waals surface area contributed by atoms with Gasteiger partial charge in [0.25, 0.3) is 0 Å². The van der Waals surface area contributed by atoms with Gasteiger partial charge in [-0.1, -0.05) is 73.8 Å². The summed E-state index contributed by atoms with van der Waals surface area (Å²) in [4.78, 5) is 0.530. The number of hydrogen-bond donors (Lipinski definition) is 0. The molecule has 0 spiro atoms. The van der Waals surface area contributed by atoms with Crippen molar-refractivity contribution in [3.63, 3.8) is 0 Å². The fourth-order valence-corrected chi connectivity index (χ4v) is 3.26. The van der Waals surface area contributed by atoms with E-state index in [1.807, 2.05) is 0 Å². The van der Waals surface area contributed by atoms with Crippen LogP contribution in [0, 0.1) is 6.92 Å². The number of alkyl halides is 1. The molecule has 1 atom stereocenters. The van der Waals surface area contributed by atoms with Crippen molar-refractivity contribution in [1.82, 2.24) is 0 Å². The Balaban J connectivity index is 1.86. The molecule has 0 saturated carbocycles. The van der Waals surface area contributed by atoms with E-state index in [4.69, 9.17) is 0 Å². The molecule has 0 aromatic heterocycles. The highest BCUT2D eigenvalue weighted by atomic mass is 79.9. The summed E-state index contributed by atoms with van der Waals surface area (Å²) in [6, 6.07) is 17.3. The van der Waals surface area contributed by atoms with Crippen molar-refractivity contribution in [3.8, 4) is 0 Å². The quantitative estimate of drug-likeness (QED) is 0.583. The van der Waals surface area contributed by atoms with Crippen LogP contribution in [0.3, 0.4) is 0 Å². The Kier molecular flexibility index (Phi) is 5.65. The third-order valence-corrected chi connectivity index (χ3v) is 4.45. The molecule has 0 nitrogen and oxygen atoms in total. The average Bonchev–Trinajstić information content (AvgIpc) is 2.36. The normalized spacial score (nSPS) is 12.4. The molecular formula is C17H18Br2. The average molecular weight is 382 g/mol. The molecule has 0 saturated heterocycles. The Morgan fingerprint density at radius 1 is 1.00 bits per heavy atom. The van der Waals surface area contributed by atoms with E-state index in [9.17, 15) is 0 Å². The van der Waals surface area contributed by atoms with Crippen LogP contribution in [0.15, 0.2) is 53.0 Å². The van der Waals surface area contributed by atoms with Crippen molar-refractivity contribution in [1.29, 1.82) is 0 Å². The van der Waals surface area contributed by atoms with Gasteiger partial charge in [-0.2, -0.15) is 0 Å². The first-order valence-corrected chi connectivity index (χ1v) is 8.28. The Morgan fingerprint density at radius 3 is 2.47 bits per heavy atom. The van der Waals surface area contributed by atoms with Crippen LogP contribution in [0.2, 0.25) is 0 Å². The van der Waals surface area contributed by atoms with E-state index in [1.54, 1.807) is 0 Å². The lowest BCUT2D eigenvalue weighted by Gasteiger charge is -2.10. The summed E-state index contributed by atoms with van der Waals surface area (Å²) in [5, 5.41) is 0. The van der Waals surface area contributed by atoms with E-state index < -0.39 is 0 Å². The predicted octanol–water partition coefficient (Wildman–Crippen LogP) is 5.70. The van der Waals surface area contributed by atoms with Crippen LogP contribution in [-0.2, 0) is 12.8 Å². The lowest BCUT2D eigenvalue weighted by Crippen LogP contribution is -2.04. The van der Waals surface area contributed by atoms with Crippen LogP contribution in [-0.4, -0.2) is 4.83 Å². The molecule has 2 rings (SSSR count). The third kappa shape index (κ3) is 5.12. The number of rotatable bonds is 5. The Bertz CT molecular complexity index is 534. The molecule has 0 heterocycles. The Hall–Kier alpha value is -0.600. The molecule has 0 fully saturated rings. The topological polar surface area (TPSA) is 0 Å². The van der Waals surface area contributed by atoms with E-state index in [-0.39, 0.29) is 0 Å². The van der Waals surface area contributed by atoms with Crippen LogP contribution in [0.5, 0.6) is 0 Å². The molecular weight excluding hydrogens is 364 g/mol. The van der Waals surface area contributed by atoms with Gasteiger partial charge in [0.1, 0.15) is 0 Å². The molecule has 0 amide bonds. The molecule has 0 radical (unpaired) electrons. The molecule has 0 aliphatic heterocycles. The van der Waals surface area contributed by atoms with Gasteiger partial charge in [0, 0.05) is 9.30 Å². The van der Waals surface area contributed by atoms with Gasteiger partial charge < -0.3 is 0 Å². The molecule has 0 aliphatic carbocycles. The van der Waals surface area contributed by atoms with Crippen LogP contribution >= 0.6 is 31.9 Å². The van der Waals surface area contributed by atoms with Crippen LogP contribution in [0.25, 0.3) is 0 Å². The van der Waals surface area contributed by atoms with Gasteiger partial charge in [-0.15, -0.1) is 0 Å². The van der Waals surface area contributed by atoms with Gasteiger partial charge >= 0.3 is 0 Å². The zero-order valence-corrected chi connectivity index (χ0v) is 14.2. The minimum Gasteiger partial charge on any atom is -0.0887 e. The van der Waals surface area contributed by atoms with Gasteiger partial charge in [-0.25, -0.2) is 0 Å². The SMILES string of the molecule is Cc1cccc(CCC(Br)Cc2cccc(Br)c2)c1. The summed E-state index contributed by atoms with van der Waals surface area (Å²) in [7, 11) is 0. The van der Waals surface area contributed by atoms with Crippen LogP contribution < -0.4 is 0 Å². The maximum atomic E-state index is 3.80. The van der Waals surface area contributed by atoms with E-state index in [2.05, 4.69) is 87.3 Å². The molecule has 2 heteroatoms. The smallest absolute Gasteiger partial charge is 0.0189 e. The molecule has 0 aliphatic rings. The first-order valence-electron chi connectivity index (χ1n) is 6.57. The standard InChI is InChI=1S/C17H18Br2/c1-13-4-2-5-14(10-13)8-9-17(19)12-15-6-3-7-16(18)11-15/h2-7,10-11,17H,8-9,12H2,1H3. The Morgan fingerprint density at radius 2 is 1.74 bits per heavy atom. The highest BCUT2D eigenvalue weighted by Crippen LogP contribution is 2.19. The number of aryl methyl sites for hydroxylation is 2. The van der Waals surface area contributed by atoms with Crippen molar-refractivity contribution in [2.75, 3.05) is 0 Å². The molecule has 2 aromatic carbocycles. The summed E-state index contributed by atoms with van der Waals surface area (Å²) in [6.07, 6.45) is 3.37. The van der Waals surface area contributed by atoms with Gasteiger partial charge in [0.2, 0.25) is 0 Å². The monoisotopic (exact) mass is 380 g/mol. The van der Waals surface area contributed by atoms with Crippen molar-refractivity contribution in [2.24, 2.45) is 0 Å². The van der Waals surface area contributed by atoms with Crippen molar-refractivity contribution in [3.05, 3.63) is 69.7 Å². The van der Waals surface area contributed by atoms with Crippen LogP contribution in [0.4, 0.5) is 0 Å². The summed E-state index contributed by atoms with van der Waals surface area (Å²) >= 11 is 7.32. The maximum Gasteiger partial charge on any atom is 0.0189 e. The second-order valence-electron chi connectivity index (χ2n) is 4.96. The zero-order chi connectivity index (χ0) is 13.7. The highest BCUT2D eigenvalue weighted by Gasteiger charge is 2.06. The second-order valence-corrected chi connectivity index (χ2v) is 7.17. The summed E-state index contributed by atoms with van der Waals surface area (Å²) < 4.78 is 1.16. The molecule has 19 heavy (non-hydrogen) atoms. The Labute approximate surface area is 132 Å². The highest BCUT2D eigenvalue weighted by molar-refractivity contribution is 9.10. The molecule has 2 aromatic rings. The third-order valence-electron chi connectivity index (χ3n) is 3.17. The van der Waals surface area contributed by atoms with Gasteiger partial charge in [-0.05, 0) is 49.4 Å². The lowest BCUT2D eigenvalue weighted by molar-refractivity contribution is 0.763. The van der Waals surface area contributed by atoms with Crippen molar-refractivity contribution in [2.45, 2.75) is 31.0 Å². The minimum absolute atomic E-state index is 0.530. The zero-order valence-electron chi connectivity index (χ0n) is 11.1. The first-order chi connectivity index (χ1) is 9.13.